The van der Waals surface area contributed by atoms with Crippen molar-refractivity contribution in [1.82, 2.24) is 30.0 Å². The Labute approximate surface area is 142 Å². The lowest BCUT2D eigenvalue weighted by atomic mass is 10.2. The quantitative estimate of drug-likeness (QED) is 0.901. The molecule has 24 heavy (non-hydrogen) atoms. The second kappa shape index (κ2) is 7.25. The predicted molar refractivity (Wildman–Crippen MR) is 91.6 cm³/mol. The zero-order valence-electron chi connectivity index (χ0n) is 14.1. The molecule has 0 aliphatic carbocycles. The molecular formula is C17H25N7. The molecule has 0 aromatic carbocycles. The van der Waals surface area contributed by atoms with Gasteiger partial charge in [-0.2, -0.15) is 0 Å². The third kappa shape index (κ3) is 3.40. The van der Waals surface area contributed by atoms with Crippen LogP contribution in [0.15, 0.2) is 12.4 Å². The van der Waals surface area contributed by atoms with Crippen molar-refractivity contribution in [2.45, 2.75) is 58.2 Å². The average molecular weight is 327 g/mol. The lowest BCUT2D eigenvalue weighted by Crippen LogP contribution is -2.21. The minimum Gasteiger partial charge on any atom is -0.341 e. The molecule has 7 heteroatoms. The van der Waals surface area contributed by atoms with E-state index in [2.05, 4.69) is 34.9 Å². The molecule has 4 rings (SSSR count). The smallest absolute Gasteiger partial charge is 0.225 e. The van der Waals surface area contributed by atoms with Gasteiger partial charge in [0.25, 0.3) is 0 Å². The van der Waals surface area contributed by atoms with Gasteiger partial charge in [-0.05, 0) is 25.7 Å². The molecule has 2 aliphatic heterocycles. The van der Waals surface area contributed by atoms with Gasteiger partial charge in [-0.15, -0.1) is 10.2 Å². The Kier molecular flexibility index (Phi) is 4.69. The highest BCUT2D eigenvalue weighted by atomic mass is 15.3. The Morgan fingerprint density at radius 3 is 2.50 bits per heavy atom. The zero-order valence-corrected chi connectivity index (χ0v) is 14.1. The number of anilines is 1. The maximum atomic E-state index is 4.50. The number of fused-ring (bicyclic) bond motifs is 1. The van der Waals surface area contributed by atoms with Gasteiger partial charge in [-0.1, -0.05) is 6.42 Å². The molecular weight excluding hydrogens is 302 g/mol. The van der Waals surface area contributed by atoms with Gasteiger partial charge in [0.05, 0.1) is 6.54 Å². The van der Waals surface area contributed by atoms with E-state index in [9.17, 15) is 0 Å². The molecule has 4 heterocycles. The van der Waals surface area contributed by atoms with Gasteiger partial charge in [0.15, 0.2) is 0 Å². The summed E-state index contributed by atoms with van der Waals surface area (Å²) in [6, 6.07) is 0. The third-order valence-electron chi connectivity index (χ3n) is 4.88. The third-order valence-corrected chi connectivity index (χ3v) is 4.88. The molecule has 1 N–H and O–H groups in total. The van der Waals surface area contributed by atoms with Crippen LogP contribution in [0.1, 0.15) is 49.3 Å². The lowest BCUT2D eigenvalue weighted by molar-refractivity contribution is 0.572. The topological polar surface area (TPSA) is 71.8 Å². The molecule has 7 nitrogen and oxygen atoms in total. The summed E-state index contributed by atoms with van der Waals surface area (Å²) >= 11 is 0. The summed E-state index contributed by atoms with van der Waals surface area (Å²) in [6.07, 6.45) is 11.1. The van der Waals surface area contributed by atoms with Crippen LogP contribution in [0.5, 0.6) is 0 Å². The van der Waals surface area contributed by atoms with Gasteiger partial charge in [-0.25, -0.2) is 9.97 Å². The molecule has 0 saturated carbocycles. The second-order valence-corrected chi connectivity index (χ2v) is 6.68. The number of aryl methyl sites for hydroxylation is 1. The molecule has 0 unspecified atom stereocenters. The zero-order chi connectivity index (χ0) is 16.2. The van der Waals surface area contributed by atoms with Gasteiger partial charge < -0.3 is 14.8 Å². The number of nitrogens with one attached hydrogen (secondary N) is 1. The van der Waals surface area contributed by atoms with Crippen molar-refractivity contribution in [3.8, 4) is 0 Å². The summed E-state index contributed by atoms with van der Waals surface area (Å²) in [4.78, 5) is 11.3. The maximum Gasteiger partial charge on any atom is 0.225 e. The van der Waals surface area contributed by atoms with Crippen molar-refractivity contribution >= 4 is 5.95 Å². The van der Waals surface area contributed by atoms with E-state index in [0.29, 0.717) is 0 Å². The minimum absolute atomic E-state index is 0.737. The number of hydrogen-bond acceptors (Lipinski definition) is 6. The van der Waals surface area contributed by atoms with Crippen LogP contribution < -0.4 is 10.2 Å². The van der Waals surface area contributed by atoms with Crippen LogP contribution in [0, 0.1) is 0 Å². The van der Waals surface area contributed by atoms with Gasteiger partial charge in [0, 0.05) is 50.6 Å². The van der Waals surface area contributed by atoms with Crippen LogP contribution in [0.2, 0.25) is 0 Å². The van der Waals surface area contributed by atoms with E-state index in [1.807, 2.05) is 12.4 Å². The first-order chi connectivity index (χ1) is 11.9. The van der Waals surface area contributed by atoms with Crippen molar-refractivity contribution in [1.29, 1.82) is 0 Å². The summed E-state index contributed by atoms with van der Waals surface area (Å²) < 4.78 is 2.28. The SMILES string of the molecule is c1nc(N2CCCC2)ncc1CNCc1nnc2n1CCCCC2. The van der Waals surface area contributed by atoms with E-state index >= 15 is 0 Å². The van der Waals surface area contributed by atoms with Gasteiger partial charge >= 0.3 is 0 Å². The molecule has 0 spiro atoms. The van der Waals surface area contributed by atoms with E-state index in [1.54, 1.807) is 0 Å². The maximum absolute atomic E-state index is 4.50. The fourth-order valence-corrected chi connectivity index (χ4v) is 3.51. The first-order valence-corrected chi connectivity index (χ1v) is 9.08. The molecule has 128 valence electrons. The van der Waals surface area contributed by atoms with E-state index < -0.39 is 0 Å². The lowest BCUT2D eigenvalue weighted by Gasteiger charge is -2.14. The van der Waals surface area contributed by atoms with Gasteiger partial charge in [0.2, 0.25) is 5.95 Å². The molecule has 2 aromatic heterocycles. The standard InChI is InChI=1S/C17H25N7/c1-2-6-15-21-22-16(24(15)9-3-1)13-18-10-14-11-19-17(20-12-14)23-7-4-5-8-23/h11-12,18H,1-10,13H2. The average Bonchev–Trinajstić information content (AvgIpc) is 3.21. The van der Waals surface area contributed by atoms with Crippen molar-refractivity contribution in [3.05, 3.63) is 29.6 Å². The molecule has 1 fully saturated rings. The number of aromatic nitrogens is 5. The number of rotatable bonds is 5. The molecule has 2 aromatic rings. The van der Waals surface area contributed by atoms with Crippen molar-refractivity contribution < 1.29 is 0 Å². The highest BCUT2D eigenvalue weighted by Crippen LogP contribution is 2.16. The van der Waals surface area contributed by atoms with Crippen molar-refractivity contribution in [2.24, 2.45) is 0 Å². The predicted octanol–water partition coefficient (Wildman–Crippen LogP) is 1.68. The Bertz CT molecular complexity index is 658. The Morgan fingerprint density at radius 2 is 1.67 bits per heavy atom. The number of nitrogens with zero attached hydrogens (tertiary/aromatic N) is 6. The van der Waals surface area contributed by atoms with Crippen LogP contribution in [0.4, 0.5) is 5.95 Å². The molecule has 0 bridgehead atoms. The summed E-state index contributed by atoms with van der Waals surface area (Å²) in [7, 11) is 0. The van der Waals surface area contributed by atoms with Crippen molar-refractivity contribution in [3.63, 3.8) is 0 Å². The first kappa shape index (κ1) is 15.5. The van der Waals surface area contributed by atoms with E-state index in [-0.39, 0.29) is 0 Å². The summed E-state index contributed by atoms with van der Waals surface area (Å²) in [5, 5.41) is 12.1. The van der Waals surface area contributed by atoms with E-state index in [1.165, 1.54) is 32.1 Å². The fourth-order valence-electron chi connectivity index (χ4n) is 3.51. The van der Waals surface area contributed by atoms with Crippen LogP contribution in [0.3, 0.4) is 0 Å². The summed E-state index contributed by atoms with van der Waals surface area (Å²) in [5.74, 6) is 3.04. The van der Waals surface area contributed by atoms with Crippen LogP contribution >= 0.6 is 0 Å². The largest absolute Gasteiger partial charge is 0.341 e. The van der Waals surface area contributed by atoms with E-state index in [0.717, 1.165) is 62.3 Å². The monoisotopic (exact) mass is 327 g/mol. The number of hydrogen-bond donors (Lipinski definition) is 1. The molecule has 2 aliphatic rings. The van der Waals surface area contributed by atoms with E-state index in [4.69, 9.17) is 0 Å². The van der Waals surface area contributed by atoms with Crippen LogP contribution in [-0.4, -0.2) is 37.8 Å². The summed E-state index contributed by atoms with van der Waals surface area (Å²) in [6.45, 7) is 4.70. The molecule has 0 atom stereocenters. The van der Waals surface area contributed by atoms with Gasteiger partial charge in [-0.3, -0.25) is 0 Å². The normalized spacial score (nSPS) is 17.8. The molecule has 0 amide bonds. The highest BCUT2D eigenvalue weighted by molar-refractivity contribution is 5.30. The Hall–Kier alpha value is -2.02. The molecule has 1 saturated heterocycles. The highest BCUT2D eigenvalue weighted by Gasteiger charge is 2.15. The van der Waals surface area contributed by atoms with Crippen molar-refractivity contribution in [2.75, 3.05) is 18.0 Å². The Balaban J connectivity index is 1.32. The Morgan fingerprint density at radius 1 is 0.875 bits per heavy atom. The summed E-state index contributed by atoms with van der Waals surface area (Å²) in [5.41, 5.74) is 1.11. The minimum atomic E-state index is 0.737. The molecule has 0 radical (unpaired) electrons. The second-order valence-electron chi connectivity index (χ2n) is 6.68. The fraction of sp³-hybridized carbons (Fsp3) is 0.647. The van der Waals surface area contributed by atoms with Crippen LogP contribution in [0.25, 0.3) is 0 Å². The first-order valence-electron chi connectivity index (χ1n) is 9.08. The van der Waals surface area contributed by atoms with Gasteiger partial charge in [0.1, 0.15) is 11.6 Å². The van der Waals surface area contributed by atoms with Crippen LogP contribution in [-0.2, 0) is 26.1 Å².